The molecular formula is C20H18N2O5S. The standard InChI is InChI=1S/C20H18N2O5S/c21-28(24,25)19-12-10-18(11-13-19)27-17-8-6-16(7-9-17)22-20(23)26-14-15-4-2-1-3-5-15/h1-13H,14H2,(H,22,23)(H2,21,24,25). The number of primary sulfonamides is 1. The molecule has 3 aromatic carbocycles. The van der Waals surface area contributed by atoms with Gasteiger partial charge in [0.1, 0.15) is 18.1 Å². The average molecular weight is 398 g/mol. The Morgan fingerprint density at radius 1 is 0.857 bits per heavy atom. The van der Waals surface area contributed by atoms with Gasteiger partial charge in [0.15, 0.2) is 0 Å². The van der Waals surface area contributed by atoms with Crippen LogP contribution in [-0.2, 0) is 21.4 Å². The van der Waals surface area contributed by atoms with Crippen molar-refractivity contribution in [3.05, 3.63) is 84.4 Å². The van der Waals surface area contributed by atoms with E-state index in [-0.39, 0.29) is 11.5 Å². The number of nitrogens with two attached hydrogens (primary N) is 1. The molecule has 0 unspecified atom stereocenters. The number of hydrogen-bond donors (Lipinski definition) is 2. The minimum atomic E-state index is -3.74. The van der Waals surface area contributed by atoms with Crippen molar-refractivity contribution in [3.8, 4) is 11.5 Å². The van der Waals surface area contributed by atoms with Crippen LogP contribution in [-0.4, -0.2) is 14.5 Å². The van der Waals surface area contributed by atoms with Crippen LogP contribution in [0.25, 0.3) is 0 Å². The molecule has 0 heterocycles. The van der Waals surface area contributed by atoms with Crippen LogP contribution in [0.3, 0.4) is 0 Å². The van der Waals surface area contributed by atoms with E-state index >= 15 is 0 Å². The van der Waals surface area contributed by atoms with Gasteiger partial charge in [0, 0.05) is 5.69 Å². The number of benzene rings is 3. The number of ether oxygens (including phenoxy) is 2. The lowest BCUT2D eigenvalue weighted by molar-refractivity contribution is 0.155. The van der Waals surface area contributed by atoms with Gasteiger partial charge in [0.25, 0.3) is 0 Å². The first kappa shape index (κ1) is 19.4. The molecule has 3 rings (SSSR count). The number of sulfonamides is 1. The van der Waals surface area contributed by atoms with Gasteiger partial charge in [0.2, 0.25) is 10.0 Å². The topological polar surface area (TPSA) is 108 Å². The number of nitrogens with one attached hydrogen (secondary N) is 1. The Labute approximate surface area is 162 Å². The Morgan fingerprint density at radius 2 is 1.43 bits per heavy atom. The summed E-state index contributed by atoms with van der Waals surface area (Å²) in [6, 6.07) is 21.8. The second-order valence-corrected chi connectivity index (χ2v) is 7.39. The molecule has 0 saturated heterocycles. The molecule has 3 aromatic rings. The number of carbonyl (C=O) groups excluding carboxylic acids is 1. The molecule has 0 aliphatic heterocycles. The molecule has 1 amide bonds. The minimum absolute atomic E-state index is 0.00779. The lowest BCUT2D eigenvalue weighted by atomic mass is 10.2. The average Bonchev–Trinajstić information content (AvgIpc) is 2.68. The Bertz CT molecular complexity index is 1030. The third-order valence-corrected chi connectivity index (χ3v) is 4.63. The van der Waals surface area contributed by atoms with Crippen molar-refractivity contribution in [2.24, 2.45) is 5.14 Å². The fourth-order valence-corrected chi connectivity index (χ4v) is 2.83. The van der Waals surface area contributed by atoms with Crippen LogP contribution in [0, 0.1) is 0 Å². The van der Waals surface area contributed by atoms with E-state index in [0.717, 1.165) is 5.56 Å². The molecule has 0 fully saturated rings. The lowest BCUT2D eigenvalue weighted by Crippen LogP contribution is -2.13. The van der Waals surface area contributed by atoms with Gasteiger partial charge in [-0.2, -0.15) is 0 Å². The van der Waals surface area contributed by atoms with E-state index in [9.17, 15) is 13.2 Å². The molecule has 3 N–H and O–H groups in total. The van der Waals surface area contributed by atoms with Gasteiger partial charge >= 0.3 is 6.09 Å². The number of anilines is 1. The molecule has 0 bridgehead atoms. The molecule has 0 aliphatic rings. The van der Waals surface area contributed by atoms with Crippen molar-refractivity contribution in [1.29, 1.82) is 0 Å². The highest BCUT2D eigenvalue weighted by Crippen LogP contribution is 2.24. The normalized spacial score (nSPS) is 10.9. The molecule has 0 spiro atoms. The maximum atomic E-state index is 11.9. The maximum Gasteiger partial charge on any atom is 0.411 e. The summed E-state index contributed by atoms with van der Waals surface area (Å²) in [5, 5.41) is 7.69. The van der Waals surface area contributed by atoms with Crippen molar-refractivity contribution in [2.75, 3.05) is 5.32 Å². The van der Waals surface area contributed by atoms with Gasteiger partial charge in [-0.3, -0.25) is 5.32 Å². The second-order valence-electron chi connectivity index (χ2n) is 5.83. The molecular weight excluding hydrogens is 380 g/mol. The highest BCUT2D eigenvalue weighted by Gasteiger charge is 2.08. The zero-order valence-corrected chi connectivity index (χ0v) is 15.6. The molecule has 0 aromatic heterocycles. The molecule has 0 radical (unpaired) electrons. The van der Waals surface area contributed by atoms with Crippen molar-refractivity contribution < 1.29 is 22.7 Å². The summed E-state index contributed by atoms with van der Waals surface area (Å²) in [5.41, 5.74) is 1.45. The Balaban J connectivity index is 1.54. The Morgan fingerprint density at radius 3 is 2.00 bits per heavy atom. The fourth-order valence-electron chi connectivity index (χ4n) is 2.32. The van der Waals surface area contributed by atoms with Gasteiger partial charge in [-0.05, 0) is 54.1 Å². The summed E-state index contributed by atoms with van der Waals surface area (Å²) in [6.07, 6.45) is -0.559. The van der Waals surface area contributed by atoms with Crippen LogP contribution >= 0.6 is 0 Å². The highest BCUT2D eigenvalue weighted by atomic mass is 32.2. The molecule has 7 nitrogen and oxygen atoms in total. The molecule has 144 valence electrons. The predicted octanol–water partition coefficient (Wildman–Crippen LogP) is 3.88. The first-order chi connectivity index (χ1) is 13.4. The van der Waals surface area contributed by atoms with Crippen LogP contribution < -0.4 is 15.2 Å². The van der Waals surface area contributed by atoms with Crippen LogP contribution in [0.1, 0.15) is 5.56 Å². The Hall–Kier alpha value is -3.36. The highest BCUT2D eigenvalue weighted by molar-refractivity contribution is 7.89. The molecule has 28 heavy (non-hydrogen) atoms. The van der Waals surface area contributed by atoms with Gasteiger partial charge < -0.3 is 9.47 Å². The first-order valence-electron chi connectivity index (χ1n) is 8.29. The van der Waals surface area contributed by atoms with Crippen LogP contribution in [0.15, 0.2) is 83.8 Å². The third kappa shape index (κ3) is 5.57. The van der Waals surface area contributed by atoms with Crippen LogP contribution in [0.5, 0.6) is 11.5 Å². The first-order valence-corrected chi connectivity index (χ1v) is 9.83. The zero-order chi connectivity index (χ0) is 20.0. The summed E-state index contributed by atoms with van der Waals surface area (Å²) in [4.78, 5) is 11.9. The smallest absolute Gasteiger partial charge is 0.411 e. The SMILES string of the molecule is NS(=O)(=O)c1ccc(Oc2ccc(NC(=O)OCc3ccccc3)cc2)cc1. The Kier molecular flexibility index (Phi) is 5.93. The monoisotopic (exact) mass is 398 g/mol. The molecule has 0 atom stereocenters. The van der Waals surface area contributed by atoms with Gasteiger partial charge in [-0.15, -0.1) is 0 Å². The maximum absolute atomic E-state index is 11.9. The summed E-state index contributed by atoms with van der Waals surface area (Å²) < 4.78 is 33.3. The van der Waals surface area contributed by atoms with E-state index in [0.29, 0.717) is 17.2 Å². The van der Waals surface area contributed by atoms with Crippen molar-refractivity contribution >= 4 is 21.8 Å². The summed E-state index contributed by atoms with van der Waals surface area (Å²) in [7, 11) is -3.74. The summed E-state index contributed by atoms with van der Waals surface area (Å²) in [6.45, 7) is 0.183. The largest absolute Gasteiger partial charge is 0.457 e. The third-order valence-electron chi connectivity index (χ3n) is 3.70. The van der Waals surface area contributed by atoms with E-state index < -0.39 is 16.1 Å². The molecule has 0 aliphatic carbocycles. The van der Waals surface area contributed by atoms with Crippen molar-refractivity contribution in [2.45, 2.75) is 11.5 Å². The quantitative estimate of drug-likeness (QED) is 0.655. The fraction of sp³-hybridized carbons (Fsp3) is 0.0500. The molecule has 8 heteroatoms. The van der Waals surface area contributed by atoms with E-state index in [1.54, 1.807) is 24.3 Å². The van der Waals surface area contributed by atoms with Crippen LogP contribution in [0.2, 0.25) is 0 Å². The minimum Gasteiger partial charge on any atom is -0.457 e. The summed E-state index contributed by atoms with van der Waals surface area (Å²) >= 11 is 0. The molecule has 0 saturated carbocycles. The van der Waals surface area contributed by atoms with Gasteiger partial charge in [-0.25, -0.2) is 18.4 Å². The number of rotatable bonds is 6. The lowest BCUT2D eigenvalue weighted by Gasteiger charge is -2.09. The van der Waals surface area contributed by atoms with E-state index in [1.165, 1.54) is 24.3 Å². The van der Waals surface area contributed by atoms with E-state index in [1.807, 2.05) is 30.3 Å². The number of hydrogen-bond acceptors (Lipinski definition) is 5. The van der Waals surface area contributed by atoms with Gasteiger partial charge in [-0.1, -0.05) is 30.3 Å². The van der Waals surface area contributed by atoms with Gasteiger partial charge in [0.05, 0.1) is 4.90 Å². The van der Waals surface area contributed by atoms with Crippen LogP contribution in [0.4, 0.5) is 10.5 Å². The number of amides is 1. The second kappa shape index (κ2) is 8.55. The number of carbonyl (C=O) groups is 1. The zero-order valence-electron chi connectivity index (χ0n) is 14.7. The predicted molar refractivity (Wildman–Crippen MR) is 105 cm³/mol. The summed E-state index contributed by atoms with van der Waals surface area (Å²) in [5.74, 6) is 0.974. The van der Waals surface area contributed by atoms with Crippen molar-refractivity contribution in [1.82, 2.24) is 0 Å². The van der Waals surface area contributed by atoms with E-state index in [2.05, 4.69) is 5.32 Å². The van der Waals surface area contributed by atoms with Crippen molar-refractivity contribution in [3.63, 3.8) is 0 Å². The van der Waals surface area contributed by atoms with E-state index in [4.69, 9.17) is 14.6 Å².